The van der Waals surface area contributed by atoms with Crippen LogP contribution in [0.1, 0.15) is 22.3 Å². The molecule has 0 unspecified atom stereocenters. The molecule has 0 atom stereocenters. The molecule has 126 valence electrons. The average molecular weight is 406 g/mol. The Hall–Kier alpha value is -1.46. The molecular formula is C24H26Zr. The normalized spacial score (nSPS) is 10.2. The number of hydrogen-bond acceptors (Lipinski definition) is 0. The third-order valence-electron chi connectivity index (χ3n) is 4.89. The van der Waals surface area contributed by atoms with Gasteiger partial charge in [-0.1, -0.05) is 38.8 Å². The zero-order valence-corrected chi connectivity index (χ0v) is 18.1. The van der Waals surface area contributed by atoms with E-state index in [4.69, 9.17) is 0 Å². The van der Waals surface area contributed by atoms with Crippen LogP contribution < -0.4 is 0 Å². The molecule has 25 heavy (non-hydrogen) atoms. The van der Waals surface area contributed by atoms with Crippen molar-refractivity contribution in [3.05, 3.63) is 97.8 Å². The van der Waals surface area contributed by atoms with E-state index in [0.29, 0.717) is 0 Å². The SMILES string of the molecule is Cc1[cH-]c2ccccc2c1CCc1c(C)[cH-]c2ccccc12.[CH3-].[CH3-].[Zr+4]. The predicted molar refractivity (Wildman–Crippen MR) is 109 cm³/mol. The number of rotatable bonds is 3. The summed E-state index contributed by atoms with van der Waals surface area (Å²) in [5.41, 5.74) is 5.88. The molecule has 0 nitrogen and oxygen atoms in total. The van der Waals surface area contributed by atoms with Gasteiger partial charge in [0.25, 0.3) is 0 Å². The molecule has 0 bridgehead atoms. The summed E-state index contributed by atoms with van der Waals surface area (Å²) in [6, 6.07) is 22.1. The molecule has 0 aliphatic heterocycles. The standard InChI is InChI=1S/C22H20.2CH3.Zr/c1-15-13-17-7-3-5-9-21(17)19(15)11-12-20-16(2)14-18-8-4-6-10-22(18)20;;;/h3-10,13-14H,11-12H2,1-2H3;2*1H3;/q-2;2*-1;+4. The Bertz CT molecular complexity index is 873. The van der Waals surface area contributed by atoms with Crippen molar-refractivity contribution in [1.82, 2.24) is 0 Å². The van der Waals surface area contributed by atoms with Gasteiger partial charge in [-0.05, 0) is 0 Å². The molecule has 0 heterocycles. The van der Waals surface area contributed by atoms with Gasteiger partial charge < -0.3 is 14.9 Å². The minimum atomic E-state index is 0. The van der Waals surface area contributed by atoms with E-state index in [1.165, 1.54) is 43.8 Å². The van der Waals surface area contributed by atoms with Gasteiger partial charge in [0.05, 0.1) is 0 Å². The summed E-state index contributed by atoms with van der Waals surface area (Å²) in [6.07, 6.45) is 2.24. The number of fused-ring (bicyclic) bond motifs is 2. The van der Waals surface area contributed by atoms with Crippen molar-refractivity contribution in [2.45, 2.75) is 26.7 Å². The summed E-state index contributed by atoms with van der Waals surface area (Å²) >= 11 is 0. The fraction of sp³-hybridized carbons (Fsp3) is 0.167. The maximum atomic E-state index is 2.32. The van der Waals surface area contributed by atoms with Crippen molar-refractivity contribution < 1.29 is 26.2 Å². The van der Waals surface area contributed by atoms with Crippen LogP contribution in [0.2, 0.25) is 0 Å². The first kappa shape index (κ1) is 21.6. The molecule has 0 N–H and O–H groups in total. The first-order valence-corrected chi connectivity index (χ1v) is 8.02. The minimum Gasteiger partial charge on any atom is -0.358 e. The summed E-state index contributed by atoms with van der Waals surface area (Å²) in [5, 5.41) is 5.60. The van der Waals surface area contributed by atoms with Crippen LogP contribution in [0.5, 0.6) is 0 Å². The van der Waals surface area contributed by atoms with Gasteiger partial charge in [0, 0.05) is 0 Å². The second-order valence-corrected chi connectivity index (χ2v) is 6.29. The Balaban J connectivity index is 0.00000104. The number of benzene rings is 2. The maximum Gasteiger partial charge on any atom is 4.00 e. The van der Waals surface area contributed by atoms with Gasteiger partial charge in [0.15, 0.2) is 0 Å². The largest absolute Gasteiger partial charge is 4.00 e. The van der Waals surface area contributed by atoms with E-state index in [1.54, 1.807) is 0 Å². The molecule has 0 aliphatic carbocycles. The zero-order valence-electron chi connectivity index (χ0n) is 15.7. The summed E-state index contributed by atoms with van der Waals surface area (Å²) in [6.45, 7) is 4.48. The predicted octanol–water partition coefficient (Wildman–Crippen LogP) is 6.73. The van der Waals surface area contributed by atoms with Gasteiger partial charge in [-0.2, -0.15) is 11.1 Å². The van der Waals surface area contributed by atoms with Crippen LogP contribution in [0, 0.1) is 28.7 Å². The van der Waals surface area contributed by atoms with Crippen LogP contribution >= 0.6 is 0 Å². The van der Waals surface area contributed by atoms with E-state index in [-0.39, 0.29) is 41.1 Å². The van der Waals surface area contributed by atoms with Crippen LogP contribution in [-0.4, -0.2) is 0 Å². The van der Waals surface area contributed by atoms with Crippen LogP contribution in [-0.2, 0) is 39.0 Å². The van der Waals surface area contributed by atoms with Gasteiger partial charge in [0.1, 0.15) is 0 Å². The van der Waals surface area contributed by atoms with Gasteiger partial charge >= 0.3 is 26.2 Å². The zero-order chi connectivity index (χ0) is 15.1. The third-order valence-corrected chi connectivity index (χ3v) is 4.89. The van der Waals surface area contributed by atoms with E-state index in [1.807, 2.05) is 0 Å². The summed E-state index contributed by atoms with van der Waals surface area (Å²) in [5.74, 6) is 0. The summed E-state index contributed by atoms with van der Waals surface area (Å²) in [7, 11) is 0. The Kier molecular flexibility index (Phi) is 7.57. The van der Waals surface area contributed by atoms with E-state index >= 15 is 0 Å². The Labute approximate surface area is 171 Å². The Morgan fingerprint density at radius 2 is 1.00 bits per heavy atom. The molecule has 0 saturated carbocycles. The monoisotopic (exact) mass is 404 g/mol. The Morgan fingerprint density at radius 1 is 0.640 bits per heavy atom. The molecule has 4 rings (SSSR count). The topological polar surface area (TPSA) is 0 Å². The van der Waals surface area contributed by atoms with Crippen molar-refractivity contribution in [3.63, 3.8) is 0 Å². The third kappa shape index (κ3) is 3.88. The smallest absolute Gasteiger partial charge is 0.358 e. The minimum absolute atomic E-state index is 0. The number of hydrogen-bond donors (Lipinski definition) is 0. The summed E-state index contributed by atoms with van der Waals surface area (Å²) < 4.78 is 0. The van der Waals surface area contributed by atoms with Gasteiger partial charge in [-0.3, -0.25) is 0 Å². The van der Waals surface area contributed by atoms with Gasteiger partial charge in [0.2, 0.25) is 0 Å². The van der Waals surface area contributed by atoms with Crippen molar-refractivity contribution in [3.8, 4) is 0 Å². The molecule has 1 heteroatoms. The molecule has 0 aromatic heterocycles. The molecule has 4 aromatic carbocycles. The second-order valence-electron chi connectivity index (χ2n) is 6.29. The van der Waals surface area contributed by atoms with E-state index in [2.05, 4.69) is 74.5 Å². The van der Waals surface area contributed by atoms with E-state index in [9.17, 15) is 0 Å². The molecule has 0 saturated heterocycles. The number of aryl methyl sites for hydroxylation is 4. The van der Waals surface area contributed by atoms with Gasteiger partial charge in [-0.25, -0.2) is 0 Å². The van der Waals surface area contributed by atoms with E-state index in [0.717, 1.165) is 12.8 Å². The van der Waals surface area contributed by atoms with Crippen LogP contribution in [0.3, 0.4) is 0 Å². The van der Waals surface area contributed by atoms with Crippen molar-refractivity contribution in [2.75, 3.05) is 0 Å². The van der Waals surface area contributed by atoms with Crippen molar-refractivity contribution in [1.29, 1.82) is 0 Å². The van der Waals surface area contributed by atoms with Crippen molar-refractivity contribution >= 4 is 21.5 Å². The van der Waals surface area contributed by atoms with Crippen molar-refractivity contribution in [2.24, 2.45) is 0 Å². The van der Waals surface area contributed by atoms with Crippen LogP contribution in [0.4, 0.5) is 0 Å². The molecular weight excluding hydrogens is 379 g/mol. The van der Waals surface area contributed by atoms with Crippen LogP contribution in [0.25, 0.3) is 21.5 Å². The fourth-order valence-electron chi connectivity index (χ4n) is 3.77. The fourth-order valence-corrected chi connectivity index (χ4v) is 3.77. The molecule has 0 amide bonds. The Morgan fingerprint density at radius 3 is 1.40 bits per heavy atom. The van der Waals surface area contributed by atoms with Gasteiger partial charge in [-0.15, -0.1) is 81.2 Å². The molecule has 0 fully saturated rings. The van der Waals surface area contributed by atoms with E-state index < -0.39 is 0 Å². The average Bonchev–Trinajstić information content (AvgIpc) is 3.01. The van der Waals surface area contributed by atoms with Crippen LogP contribution in [0.15, 0.2) is 60.7 Å². The molecule has 4 aromatic rings. The molecule has 0 aliphatic rings. The first-order chi connectivity index (χ1) is 10.7. The summed E-state index contributed by atoms with van der Waals surface area (Å²) in [4.78, 5) is 0. The molecule has 0 radical (unpaired) electrons. The quantitative estimate of drug-likeness (QED) is 0.331. The second kappa shape index (κ2) is 8.77. The maximum absolute atomic E-state index is 2.32. The first-order valence-electron chi connectivity index (χ1n) is 8.02. The molecule has 0 spiro atoms.